The van der Waals surface area contributed by atoms with Gasteiger partial charge in [0.1, 0.15) is 11.5 Å². The van der Waals surface area contributed by atoms with Gasteiger partial charge < -0.3 is 15.5 Å². The van der Waals surface area contributed by atoms with Gasteiger partial charge in [-0.25, -0.2) is 4.98 Å². The van der Waals surface area contributed by atoms with Crippen LogP contribution >= 0.6 is 23.7 Å². The number of carbonyl (C=O) groups excluding carboxylic acids is 1. The second kappa shape index (κ2) is 7.15. The highest BCUT2D eigenvalue weighted by molar-refractivity contribution is 7.09. The Labute approximate surface area is 115 Å². The van der Waals surface area contributed by atoms with Crippen LogP contribution in [0.15, 0.2) is 28.2 Å². The SMILES string of the molecule is Cl.NCCc1nc(C(=O)NCc2ccco2)cs1. The highest BCUT2D eigenvalue weighted by atomic mass is 35.5. The van der Waals surface area contributed by atoms with Crippen molar-refractivity contribution in [2.45, 2.75) is 13.0 Å². The van der Waals surface area contributed by atoms with Crippen LogP contribution in [0, 0.1) is 0 Å². The minimum atomic E-state index is -0.194. The number of nitrogens with one attached hydrogen (secondary N) is 1. The zero-order chi connectivity index (χ0) is 12.1. The third kappa shape index (κ3) is 3.83. The number of furan rings is 1. The van der Waals surface area contributed by atoms with Crippen molar-refractivity contribution in [3.8, 4) is 0 Å². The molecule has 2 rings (SSSR count). The van der Waals surface area contributed by atoms with E-state index in [0.29, 0.717) is 25.2 Å². The van der Waals surface area contributed by atoms with Crippen LogP contribution in [0.2, 0.25) is 0 Å². The summed E-state index contributed by atoms with van der Waals surface area (Å²) in [6.45, 7) is 0.913. The molecular weight excluding hydrogens is 274 g/mol. The third-order valence-electron chi connectivity index (χ3n) is 2.15. The fourth-order valence-corrected chi connectivity index (χ4v) is 2.12. The number of nitrogens with two attached hydrogens (primary N) is 1. The van der Waals surface area contributed by atoms with Gasteiger partial charge >= 0.3 is 0 Å². The van der Waals surface area contributed by atoms with Crippen LogP contribution < -0.4 is 11.1 Å². The van der Waals surface area contributed by atoms with Crippen molar-refractivity contribution >= 4 is 29.7 Å². The van der Waals surface area contributed by atoms with Gasteiger partial charge in [-0.05, 0) is 18.7 Å². The summed E-state index contributed by atoms with van der Waals surface area (Å²) in [6.07, 6.45) is 2.28. The largest absolute Gasteiger partial charge is 0.467 e. The van der Waals surface area contributed by atoms with E-state index in [1.807, 2.05) is 0 Å². The first-order valence-corrected chi connectivity index (χ1v) is 6.12. The maximum absolute atomic E-state index is 11.7. The first-order valence-electron chi connectivity index (χ1n) is 5.24. The van der Waals surface area contributed by atoms with Crippen LogP contribution in [0.25, 0.3) is 0 Å². The van der Waals surface area contributed by atoms with E-state index in [0.717, 1.165) is 10.8 Å². The minimum absolute atomic E-state index is 0. The van der Waals surface area contributed by atoms with E-state index in [-0.39, 0.29) is 18.3 Å². The molecule has 0 radical (unpaired) electrons. The molecule has 0 aliphatic rings. The molecular formula is C11H14ClN3O2S. The summed E-state index contributed by atoms with van der Waals surface area (Å²) < 4.78 is 5.11. The summed E-state index contributed by atoms with van der Waals surface area (Å²) in [4.78, 5) is 15.9. The smallest absolute Gasteiger partial charge is 0.271 e. The van der Waals surface area contributed by atoms with E-state index < -0.39 is 0 Å². The molecule has 98 valence electrons. The summed E-state index contributed by atoms with van der Waals surface area (Å²) >= 11 is 1.45. The average Bonchev–Trinajstić information content (AvgIpc) is 2.97. The lowest BCUT2D eigenvalue weighted by atomic mass is 10.4. The monoisotopic (exact) mass is 287 g/mol. The van der Waals surface area contributed by atoms with Crippen LogP contribution in [-0.4, -0.2) is 17.4 Å². The van der Waals surface area contributed by atoms with Crippen molar-refractivity contribution < 1.29 is 9.21 Å². The number of halogens is 1. The van der Waals surface area contributed by atoms with Gasteiger partial charge in [-0.1, -0.05) is 0 Å². The van der Waals surface area contributed by atoms with E-state index >= 15 is 0 Å². The van der Waals surface area contributed by atoms with Crippen molar-refractivity contribution in [2.75, 3.05) is 6.54 Å². The normalized spacial score (nSPS) is 9.83. The molecule has 5 nitrogen and oxygen atoms in total. The lowest BCUT2D eigenvalue weighted by Crippen LogP contribution is -2.22. The highest BCUT2D eigenvalue weighted by Gasteiger charge is 2.10. The molecule has 2 heterocycles. The first kappa shape index (κ1) is 14.7. The van der Waals surface area contributed by atoms with Crippen LogP contribution in [0.3, 0.4) is 0 Å². The molecule has 0 saturated carbocycles. The number of hydrogen-bond acceptors (Lipinski definition) is 5. The average molecular weight is 288 g/mol. The predicted octanol–water partition coefficient (Wildman–Crippen LogP) is 1.59. The number of thiazole rings is 1. The second-order valence-corrected chi connectivity index (χ2v) is 4.37. The van der Waals surface area contributed by atoms with Gasteiger partial charge in [0.15, 0.2) is 0 Å². The summed E-state index contributed by atoms with van der Waals surface area (Å²) in [5, 5.41) is 5.36. The van der Waals surface area contributed by atoms with Crippen molar-refractivity contribution in [1.29, 1.82) is 0 Å². The topological polar surface area (TPSA) is 81.1 Å². The van der Waals surface area contributed by atoms with Gasteiger partial charge in [0.25, 0.3) is 5.91 Å². The van der Waals surface area contributed by atoms with E-state index in [4.69, 9.17) is 10.2 Å². The van der Waals surface area contributed by atoms with Gasteiger partial charge in [0.05, 0.1) is 17.8 Å². The van der Waals surface area contributed by atoms with E-state index in [1.165, 1.54) is 11.3 Å². The fourth-order valence-electron chi connectivity index (χ4n) is 1.32. The van der Waals surface area contributed by atoms with Crippen LogP contribution in [0.1, 0.15) is 21.3 Å². The third-order valence-corrected chi connectivity index (χ3v) is 3.05. The molecule has 0 spiro atoms. The maximum atomic E-state index is 11.7. The van der Waals surface area contributed by atoms with Crippen molar-refractivity contribution in [3.05, 3.63) is 40.2 Å². The molecule has 0 aliphatic heterocycles. The summed E-state index contributed by atoms with van der Waals surface area (Å²) in [5.41, 5.74) is 5.86. The first-order chi connectivity index (χ1) is 8.29. The van der Waals surface area contributed by atoms with Gasteiger partial charge in [0, 0.05) is 11.8 Å². The molecule has 0 bridgehead atoms. The number of rotatable bonds is 5. The Balaban J connectivity index is 0.00000162. The summed E-state index contributed by atoms with van der Waals surface area (Å²) in [5.74, 6) is 0.525. The van der Waals surface area contributed by atoms with Gasteiger partial charge in [-0.2, -0.15) is 0 Å². The molecule has 7 heteroatoms. The minimum Gasteiger partial charge on any atom is -0.467 e. The molecule has 0 atom stereocenters. The number of hydrogen-bond donors (Lipinski definition) is 2. The molecule has 2 aromatic heterocycles. The highest BCUT2D eigenvalue weighted by Crippen LogP contribution is 2.10. The standard InChI is InChI=1S/C11H13N3O2S.ClH/c12-4-3-10-14-9(7-17-10)11(15)13-6-8-2-1-5-16-8;/h1-2,5,7H,3-4,6,12H2,(H,13,15);1H. The molecule has 0 fully saturated rings. The number of aromatic nitrogens is 1. The number of carbonyl (C=O) groups is 1. The Morgan fingerprint density at radius 2 is 2.39 bits per heavy atom. The molecule has 0 aliphatic carbocycles. The van der Waals surface area contributed by atoms with Crippen molar-refractivity contribution in [1.82, 2.24) is 10.3 Å². The van der Waals surface area contributed by atoms with Crippen LogP contribution in [0.4, 0.5) is 0 Å². The second-order valence-electron chi connectivity index (χ2n) is 3.43. The van der Waals surface area contributed by atoms with E-state index in [2.05, 4.69) is 10.3 Å². The summed E-state index contributed by atoms with van der Waals surface area (Å²) in [7, 11) is 0. The van der Waals surface area contributed by atoms with Crippen LogP contribution in [-0.2, 0) is 13.0 Å². The Morgan fingerprint density at radius 1 is 1.56 bits per heavy atom. The molecule has 3 N–H and O–H groups in total. The van der Waals surface area contributed by atoms with Crippen molar-refractivity contribution in [3.63, 3.8) is 0 Å². The molecule has 2 aromatic rings. The lowest BCUT2D eigenvalue weighted by Gasteiger charge is -1.99. The predicted molar refractivity (Wildman–Crippen MR) is 72.0 cm³/mol. The molecule has 0 saturated heterocycles. The number of nitrogens with zero attached hydrogens (tertiary/aromatic N) is 1. The van der Waals surface area contributed by atoms with Crippen molar-refractivity contribution in [2.24, 2.45) is 5.73 Å². The van der Waals surface area contributed by atoms with Gasteiger partial charge in [0.2, 0.25) is 0 Å². The van der Waals surface area contributed by atoms with Crippen LogP contribution in [0.5, 0.6) is 0 Å². The lowest BCUT2D eigenvalue weighted by molar-refractivity contribution is 0.0943. The molecule has 1 amide bonds. The Morgan fingerprint density at radius 3 is 3.06 bits per heavy atom. The molecule has 0 aromatic carbocycles. The van der Waals surface area contributed by atoms with Gasteiger partial charge in [-0.15, -0.1) is 23.7 Å². The zero-order valence-corrected chi connectivity index (χ0v) is 11.2. The van der Waals surface area contributed by atoms with E-state index in [9.17, 15) is 4.79 Å². The quantitative estimate of drug-likeness (QED) is 0.875. The summed E-state index contributed by atoms with van der Waals surface area (Å²) in [6, 6.07) is 3.59. The maximum Gasteiger partial charge on any atom is 0.271 e. The molecule has 0 unspecified atom stereocenters. The zero-order valence-electron chi connectivity index (χ0n) is 9.59. The van der Waals surface area contributed by atoms with E-state index in [1.54, 1.807) is 23.8 Å². The Bertz CT molecular complexity index is 484. The molecule has 18 heavy (non-hydrogen) atoms. The van der Waals surface area contributed by atoms with Gasteiger partial charge in [-0.3, -0.25) is 4.79 Å². The fraction of sp³-hybridized carbons (Fsp3) is 0.273. The Hall–Kier alpha value is -1.37. The number of amides is 1. The Kier molecular flexibility index (Phi) is 5.84.